The van der Waals surface area contributed by atoms with E-state index in [4.69, 9.17) is 0 Å². The van der Waals surface area contributed by atoms with Crippen LogP contribution in [0.2, 0.25) is 0 Å². The molecule has 1 heterocycles. The number of hydrogen-bond donors (Lipinski definition) is 1. The smallest absolute Gasteiger partial charge is 0.236 e. The van der Waals surface area contributed by atoms with Gasteiger partial charge in [0, 0.05) is 26.2 Å². The highest BCUT2D eigenvalue weighted by Crippen LogP contribution is 2.37. The minimum Gasteiger partial charge on any atom is -0.339 e. The van der Waals surface area contributed by atoms with Gasteiger partial charge in [-0.1, -0.05) is 55.5 Å². The molecule has 1 aliphatic heterocycles. The number of nitrogens with one attached hydrogen (secondary N) is 1. The lowest BCUT2D eigenvalue weighted by Gasteiger charge is -2.40. The molecule has 1 N–H and O–H groups in total. The molecule has 2 aliphatic rings. The maximum Gasteiger partial charge on any atom is 0.236 e. The lowest BCUT2D eigenvalue weighted by molar-refractivity contribution is -0.132. The van der Waals surface area contributed by atoms with Crippen molar-refractivity contribution in [3.8, 4) is 0 Å². The molecule has 2 aromatic carbocycles. The highest BCUT2D eigenvalue weighted by atomic mass is 16.2. The molecule has 1 amide bonds. The molecule has 4 rings (SSSR count). The zero-order chi connectivity index (χ0) is 19.3. The lowest BCUT2D eigenvalue weighted by Crippen LogP contribution is -2.51. The second-order valence-corrected chi connectivity index (χ2v) is 7.89. The fourth-order valence-corrected chi connectivity index (χ4v) is 4.60. The van der Waals surface area contributed by atoms with Gasteiger partial charge in [0.2, 0.25) is 5.91 Å². The predicted octanol–water partition coefficient (Wildman–Crippen LogP) is 3.02. The molecule has 148 valence electrons. The van der Waals surface area contributed by atoms with E-state index in [0.29, 0.717) is 12.6 Å². The highest BCUT2D eigenvalue weighted by molar-refractivity contribution is 5.78. The molecule has 4 heteroatoms. The number of benzene rings is 2. The van der Waals surface area contributed by atoms with Crippen LogP contribution >= 0.6 is 0 Å². The van der Waals surface area contributed by atoms with E-state index in [0.717, 1.165) is 52.0 Å². The van der Waals surface area contributed by atoms with Crippen LogP contribution in [-0.4, -0.2) is 55.0 Å². The average molecular weight is 378 g/mol. The molecule has 0 aromatic heterocycles. The average Bonchev–Trinajstić information content (AvgIpc) is 2.91. The quantitative estimate of drug-likeness (QED) is 0.814. The Morgan fingerprint density at radius 2 is 1.50 bits per heavy atom. The number of fused-ring (bicyclic) bond motifs is 2. The first-order chi connectivity index (χ1) is 13.8. The largest absolute Gasteiger partial charge is 0.339 e. The van der Waals surface area contributed by atoms with Gasteiger partial charge in [-0.25, -0.2) is 0 Å². The van der Waals surface area contributed by atoms with Crippen molar-refractivity contribution in [2.45, 2.75) is 32.2 Å². The second kappa shape index (κ2) is 8.89. The van der Waals surface area contributed by atoms with Crippen LogP contribution in [0.4, 0.5) is 0 Å². The SMILES string of the molecule is CCCNCC(=O)N1CCN(C2c3ccccc3CCc3ccccc32)CC1. The molecule has 0 saturated carbocycles. The summed E-state index contributed by atoms with van der Waals surface area (Å²) in [7, 11) is 0. The minimum atomic E-state index is 0.231. The van der Waals surface area contributed by atoms with Crippen LogP contribution in [0.5, 0.6) is 0 Å². The number of amides is 1. The number of nitrogens with zero attached hydrogens (tertiary/aromatic N) is 2. The summed E-state index contributed by atoms with van der Waals surface area (Å²) in [5.74, 6) is 0.231. The normalized spacial score (nSPS) is 17.7. The summed E-state index contributed by atoms with van der Waals surface area (Å²) >= 11 is 0. The van der Waals surface area contributed by atoms with Gasteiger partial charge in [-0.15, -0.1) is 0 Å². The van der Waals surface area contributed by atoms with E-state index < -0.39 is 0 Å². The molecule has 1 saturated heterocycles. The summed E-state index contributed by atoms with van der Waals surface area (Å²) in [6, 6.07) is 18.1. The number of carbonyl (C=O) groups is 1. The van der Waals surface area contributed by atoms with Crippen LogP contribution in [0.25, 0.3) is 0 Å². The van der Waals surface area contributed by atoms with Gasteiger partial charge in [-0.3, -0.25) is 9.69 Å². The van der Waals surface area contributed by atoms with Crippen LogP contribution in [-0.2, 0) is 17.6 Å². The molecule has 0 unspecified atom stereocenters. The molecular formula is C24H31N3O. The predicted molar refractivity (Wildman–Crippen MR) is 113 cm³/mol. The second-order valence-electron chi connectivity index (χ2n) is 7.89. The Labute approximate surface area is 168 Å². The number of carbonyl (C=O) groups excluding carboxylic acids is 1. The van der Waals surface area contributed by atoms with Crippen LogP contribution in [0.15, 0.2) is 48.5 Å². The van der Waals surface area contributed by atoms with Crippen molar-refractivity contribution >= 4 is 5.91 Å². The fraction of sp³-hybridized carbons (Fsp3) is 0.458. The molecule has 4 nitrogen and oxygen atoms in total. The van der Waals surface area contributed by atoms with E-state index in [-0.39, 0.29) is 5.91 Å². The van der Waals surface area contributed by atoms with E-state index in [1.807, 2.05) is 4.90 Å². The summed E-state index contributed by atoms with van der Waals surface area (Å²) < 4.78 is 0. The van der Waals surface area contributed by atoms with E-state index in [2.05, 4.69) is 65.7 Å². The number of hydrogen-bond acceptors (Lipinski definition) is 3. The molecule has 28 heavy (non-hydrogen) atoms. The van der Waals surface area contributed by atoms with Gasteiger partial charge < -0.3 is 10.2 Å². The van der Waals surface area contributed by atoms with E-state index in [1.54, 1.807) is 0 Å². The third-order valence-corrected chi connectivity index (χ3v) is 6.10. The van der Waals surface area contributed by atoms with E-state index in [1.165, 1.54) is 22.3 Å². The maximum absolute atomic E-state index is 12.5. The molecule has 0 radical (unpaired) electrons. The van der Waals surface area contributed by atoms with Crippen LogP contribution < -0.4 is 5.32 Å². The zero-order valence-electron chi connectivity index (χ0n) is 16.9. The van der Waals surface area contributed by atoms with Crippen molar-refractivity contribution in [2.75, 3.05) is 39.3 Å². The number of rotatable bonds is 5. The summed E-state index contributed by atoms with van der Waals surface area (Å²) in [5.41, 5.74) is 5.81. The lowest BCUT2D eigenvalue weighted by atomic mass is 9.92. The van der Waals surface area contributed by atoms with E-state index >= 15 is 0 Å². The molecule has 0 atom stereocenters. The molecule has 2 aromatic rings. The first-order valence-corrected chi connectivity index (χ1v) is 10.7. The van der Waals surface area contributed by atoms with Crippen molar-refractivity contribution in [1.29, 1.82) is 0 Å². The molecule has 0 spiro atoms. The number of piperazine rings is 1. The third kappa shape index (κ3) is 3.98. The summed E-state index contributed by atoms with van der Waals surface area (Å²) in [6.07, 6.45) is 3.26. The van der Waals surface area contributed by atoms with Gasteiger partial charge in [0.1, 0.15) is 0 Å². The molecule has 1 aliphatic carbocycles. The van der Waals surface area contributed by atoms with Crippen molar-refractivity contribution in [2.24, 2.45) is 0 Å². The Balaban J connectivity index is 1.53. The van der Waals surface area contributed by atoms with Gasteiger partial charge in [0.25, 0.3) is 0 Å². The van der Waals surface area contributed by atoms with E-state index in [9.17, 15) is 4.79 Å². The first-order valence-electron chi connectivity index (χ1n) is 10.7. The zero-order valence-corrected chi connectivity index (χ0v) is 16.9. The van der Waals surface area contributed by atoms with Gasteiger partial charge in [0.15, 0.2) is 0 Å². The maximum atomic E-state index is 12.5. The third-order valence-electron chi connectivity index (χ3n) is 6.10. The number of aryl methyl sites for hydroxylation is 2. The van der Waals surface area contributed by atoms with Crippen molar-refractivity contribution in [3.63, 3.8) is 0 Å². The fourth-order valence-electron chi connectivity index (χ4n) is 4.60. The minimum absolute atomic E-state index is 0.231. The summed E-state index contributed by atoms with van der Waals surface area (Å²) in [4.78, 5) is 17.0. The van der Waals surface area contributed by atoms with Crippen LogP contribution in [0.3, 0.4) is 0 Å². The highest BCUT2D eigenvalue weighted by Gasteiger charge is 2.31. The van der Waals surface area contributed by atoms with Crippen molar-refractivity contribution in [3.05, 3.63) is 70.8 Å². The van der Waals surface area contributed by atoms with Gasteiger partial charge in [0.05, 0.1) is 12.6 Å². The first kappa shape index (κ1) is 19.2. The molecule has 0 bridgehead atoms. The standard InChI is InChI=1S/C24H31N3O/c1-2-13-25-18-23(28)26-14-16-27(17-15-26)24-21-9-5-3-7-19(21)11-12-20-8-4-6-10-22(20)24/h3-10,24-25H,2,11-18H2,1H3. The monoisotopic (exact) mass is 377 g/mol. The summed E-state index contributed by atoms with van der Waals surface area (Å²) in [6.45, 7) is 6.96. The van der Waals surface area contributed by atoms with Gasteiger partial charge >= 0.3 is 0 Å². The molecular weight excluding hydrogens is 346 g/mol. The van der Waals surface area contributed by atoms with Crippen LogP contribution in [0.1, 0.15) is 41.6 Å². The summed E-state index contributed by atoms with van der Waals surface area (Å²) in [5, 5.41) is 3.24. The van der Waals surface area contributed by atoms with Gasteiger partial charge in [-0.2, -0.15) is 0 Å². The molecule has 1 fully saturated rings. The topological polar surface area (TPSA) is 35.6 Å². The van der Waals surface area contributed by atoms with Crippen molar-refractivity contribution < 1.29 is 4.79 Å². The Kier molecular flexibility index (Phi) is 6.08. The van der Waals surface area contributed by atoms with Crippen molar-refractivity contribution in [1.82, 2.24) is 15.1 Å². The Bertz CT molecular complexity index is 764. The Morgan fingerprint density at radius 1 is 0.929 bits per heavy atom. The van der Waals surface area contributed by atoms with Crippen LogP contribution in [0, 0.1) is 0 Å². The Hall–Kier alpha value is -2.17. The Morgan fingerprint density at radius 3 is 2.07 bits per heavy atom. The van der Waals surface area contributed by atoms with Gasteiger partial charge in [-0.05, 0) is 48.1 Å².